The summed E-state index contributed by atoms with van der Waals surface area (Å²) in [5.74, 6) is 0. The molecule has 0 aromatic heterocycles. The summed E-state index contributed by atoms with van der Waals surface area (Å²) in [6.45, 7) is 0. The Morgan fingerprint density at radius 3 is 0.815 bits per heavy atom. The van der Waals surface area contributed by atoms with Gasteiger partial charge in [-0.1, -0.05) is 0 Å². The van der Waals surface area contributed by atoms with Crippen molar-refractivity contribution in [1.29, 1.82) is 0 Å². The molecule has 0 saturated heterocycles. The Bertz CT molecular complexity index is 830. The summed E-state index contributed by atoms with van der Waals surface area (Å²) in [6.07, 6.45) is 0. The first kappa shape index (κ1) is 18.0. The van der Waals surface area contributed by atoms with Crippen LogP contribution in [0, 0.1) is 0 Å². The standard InChI is InChI=1S/4C6H5.CH3O.Sb/c4*1-2-4-6-5-3-1;1-2;/h4*1-5H;1H3;/q;;;;-1;+1. The fourth-order valence-electron chi connectivity index (χ4n) is 4.17. The van der Waals surface area contributed by atoms with Crippen LogP contribution < -0.4 is 14.0 Å². The van der Waals surface area contributed by atoms with Crippen LogP contribution in [0.2, 0.25) is 0 Å². The van der Waals surface area contributed by atoms with Gasteiger partial charge in [0.1, 0.15) is 0 Å². The van der Waals surface area contributed by atoms with E-state index < -0.39 is 17.8 Å². The van der Waals surface area contributed by atoms with E-state index in [1.807, 2.05) is 7.11 Å². The van der Waals surface area contributed by atoms with Crippen molar-refractivity contribution in [2.45, 2.75) is 0 Å². The molecule has 4 aromatic carbocycles. The van der Waals surface area contributed by atoms with Gasteiger partial charge in [0.05, 0.1) is 0 Å². The Balaban J connectivity index is 2.27. The van der Waals surface area contributed by atoms with Crippen LogP contribution in [-0.4, -0.2) is 24.9 Å². The van der Waals surface area contributed by atoms with E-state index >= 15 is 0 Å². The first-order chi connectivity index (χ1) is 13.3. The predicted octanol–water partition coefficient (Wildman–Crippen LogP) is 3.16. The summed E-state index contributed by atoms with van der Waals surface area (Å²) in [5, 5.41) is 0. The molecule has 0 fully saturated rings. The molecule has 0 aliphatic heterocycles. The molecule has 4 rings (SSSR count). The fraction of sp³-hybridized carbons (Fsp3) is 0.0400. The third kappa shape index (κ3) is 2.57. The second-order valence-electron chi connectivity index (χ2n) is 6.56. The van der Waals surface area contributed by atoms with Crippen LogP contribution >= 0.6 is 0 Å². The van der Waals surface area contributed by atoms with Gasteiger partial charge in [0.15, 0.2) is 0 Å². The quantitative estimate of drug-likeness (QED) is 0.415. The third-order valence-electron chi connectivity index (χ3n) is 5.36. The summed E-state index contributed by atoms with van der Waals surface area (Å²) in [5.41, 5.74) is 0. The SMILES string of the molecule is C[O][Sb]([c]1ccccc1)([c]1ccccc1)([c]1ccccc1)[c]1ccccc1. The number of rotatable bonds is 5. The summed E-state index contributed by atoms with van der Waals surface area (Å²) in [6, 6.07) is 43.1. The van der Waals surface area contributed by atoms with Gasteiger partial charge in [-0.2, -0.15) is 0 Å². The zero-order valence-corrected chi connectivity index (χ0v) is 18.0. The zero-order valence-electron chi connectivity index (χ0n) is 15.4. The van der Waals surface area contributed by atoms with E-state index in [0.717, 1.165) is 0 Å². The minimum absolute atomic E-state index is 1.27. The summed E-state index contributed by atoms with van der Waals surface area (Å²) in [4.78, 5) is 0. The van der Waals surface area contributed by atoms with E-state index in [4.69, 9.17) is 3.02 Å². The van der Waals surface area contributed by atoms with Gasteiger partial charge >= 0.3 is 163 Å². The van der Waals surface area contributed by atoms with Crippen LogP contribution in [-0.2, 0) is 3.02 Å². The van der Waals surface area contributed by atoms with Crippen molar-refractivity contribution in [3.05, 3.63) is 121 Å². The van der Waals surface area contributed by atoms with Gasteiger partial charge in [0.2, 0.25) is 0 Å². The summed E-state index contributed by atoms with van der Waals surface area (Å²) in [7, 11) is 1.89. The monoisotopic (exact) mass is 460 g/mol. The number of benzene rings is 4. The molecule has 0 saturated carbocycles. The van der Waals surface area contributed by atoms with Crippen LogP contribution in [0.4, 0.5) is 0 Å². The zero-order chi connectivity index (χ0) is 18.6. The van der Waals surface area contributed by atoms with Crippen molar-refractivity contribution in [2.75, 3.05) is 7.11 Å². The predicted molar refractivity (Wildman–Crippen MR) is 117 cm³/mol. The van der Waals surface area contributed by atoms with Crippen LogP contribution in [0.3, 0.4) is 0 Å². The number of hydrogen-bond acceptors (Lipinski definition) is 1. The molecule has 4 aromatic rings. The van der Waals surface area contributed by atoms with Crippen molar-refractivity contribution in [1.82, 2.24) is 0 Å². The van der Waals surface area contributed by atoms with Crippen molar-refractivity contribution in [3.8, 4) is 0 Å². The molecule has 1 nitrogen and oxygen atoms in total. The summed E-state index contributed by atoms with van der Waals surface area (Å²) >= 11 is -4.45. The molecule has 0 bridgehead atoms. The van der Waals surface area contributed by atoms with E-state index in [1.165, 1.54) is 14.0 Å². The van der Waals surface area contributed by atoms with E-state index in [-0.39, 0.29) is 0 Å². The third-order valence-corrected chi connectivity index (χ3v) is 22.1. The molecule has 0 amide bonds. The second-order valence-corrected chi connectivity index (χ2v) is 19.4. The Labute approximate surface area is 162 Å². The Morgan fingerprint density at radius 2 is 0.630 bits per heavy atom. The summed E-state index contributed by atoms with van der Waals surface area (Å²) < 4.78 is 12.0. The molecule has 0 heterocycles. The normalized spacial score (nSPS) is 12.9. The second kappa shape index (κ2) is 7.35. The molecule has 0 aliphatic rings. The van der Waals surface area contributed by atoms with Gasteiger partial charge in [-0.15, -0.1) is 0 Å². The molecular formula is C25H23OSb. The fourth-order valence-corrected chi connectivity index (χ4v) is 20.1. The molecule has 0 N–H and O–H groups in total. The van der Waals surface area contributed by atoms with Crippen molar-refractivity contribution in [3.63, 3.8) is 0 Å². The van der Waals surface area contributed by atoms with Crippen LogP contribution in [0.25, 0.3) is 0 Å². The molecule has 27 heavy (non-hydrogen) atoms. The van der Waals surface area contributed by atoms with Gasteiger partial charge in [0.25, 0.3) is 0 Å². The van der Waals surface area contributed by atoms with Gasteiger partial charge in [0, 0.05) is 0 Å². The van der Waals surface area contributed by atoms with Gasteiger partial charge in [-0.05, 0) is 0 Å². The van der Waals surface area contributed by atoms with Crippen LogP contribution in [0.15, 0.2) is 121 Å². The van der Waals surface area contributed by atoms with E-state index in [0.29, 0.717) is 0 Å². The van der Waals surface area contributed by atoms with Crippen molar-refractivity contribution >= 4 is 31.9 Å². The van der Waals surface area contributed by atoms with Crippen LogP contribution in [0.5, 0.6) is 0 Å². The molecule has 0 unspecified atom stereocenters. The van der Waals surface area contributed by atoms with Crippen molar-refractivity contribution < 1.29 is 3.02 Å². The number of hydrogen-bond donors (Lipinski definition) is 0. The van der Waals surface area contributed by atoms with Gasteiger partial charge in [-0.25, -0.2) is 0 Å². The van der Waals surface area contributed by atoms with E-state index in [2.05, 4.69) is 121 Å². The molecule has 134 valence electrons. The maximum atomic E-state index is 6.87. The molecule has 0 aliphatic carbocycles. The Kier molecular flexibility index (Phi) is 4.91. The minimum atomic E-state index is -4.45. The van der Waals surface area contributed by atoms with E-state index in [9.17, 15) is 0 Å². The molecule has 0 atom stereocenters. The van der Waals surface area contributed by atoms with Crippen LogP contribution in [0.1, 0.15) is 0 Å². The van der Waals surface area contributed by atoms with E-state index in [1.54, 1.807) is 0 Å². The van der Waals surface area contributed by atoms with Crippen molar-refractivity contribution in [2.24, 2.45) is 0 Å². The molecule has 0 spiro atoms. The Morgan fingerprint density at radius 1 is 0.407 bits per heavy atom. The molecule has 2 heteroatoms. The molecular weight excluding hydrogens is 438 g/mol. The van der Waals surface area contributed by atoms with Gasteiger partial charge < -0.3 is 0 Å². The molecule has 0 radical (unpaired) electrons. The first-order valence-corrected chi connectivity index (χ1v) is 15.3. The Hall–Kier alpha value is -2.34. The topological polar surface area (TPSA) is 9.23 Å². The average molecular weight is 461 g/mol. The first-order valence-electron chi connectivity index (χ1n) is 9.13. The average Bonchev–Trinajstić information content (AvgIpc) is 2.78. The maximum absolute atomic E-state index is 6.87. The van der Waals surface area contributed by atoms with Gasteiger partial charge in [-0.3, -0.25) is 0 Å².